The van der Waals surface area contributed by atoms with Crippen molar-refractivity contribution in [2.45, 2.75) is 26.4 Å². The van der Waals surface area contributed by atoms with E-state index < -0.39 is 12.6 Å². The number of halogens is 1. The van der Waals surface area contributed by atoms with Crippen LogP contribution in [0.5, 0.6) is 11.5 Å². The maximum atomic E-state index is 6.05. The van der Waals surface area contributed by atoms with E-state index in [1.807, 2.05) is 44.2 Å². The molecular formula is C16H13BrO3. The number of benzene rings is 2. The zero-order valence-corrected chi connectivity index (χ0v) is 12.7. The number of aryl methyl sites for hydroxylation is 2. The summed E-state index contributed by atoms with van der Waals surface area (Å²) < 4.78 is 19.0. The summed E-state index contributed by atoms with van der Waals surface area (Å²) in [6, 6.07) is 10.0. The molecule has 0 spiro atoms. The van der Waals surface area contributed by atoms with Gasteiger partial charge in [0, 0.05) is 4.47 Å². The highest BCUT2D eigenvalue weighted by molar-refractivity contribution is 9.10. The molecule has 0 saturated carbocycles. The van der Waals surface area contributed by atoms with Crippen LogP contribution >= 0.6 is 15.9 Å². The van der Waals surface area contributed by atoms with E-state index in [-0.39, 0.29) is 0 Å². The molecule has 0 amide bonds. The van der Waals surface area contributed by atoms with Gasteiger partial charge in [-0.2, -0.15) is 0 Å². The molecule has 0 fully saturated rings. The molecule has 4 heteroatoms. The largest absolute Gasteiger partial charge is 0.459 e. The molecule has 2 aromatic carbocycles. The second kappa shape index (κ2) is 4.24. The highest BCUT2D eigenvalue weighted by Crippen LogP contribution is 2.49. The topological polar surface area (TPSA) is 27.7 Å². The average Bonchev–Trinajstić information content (AvgIpc) is 2.42. The molecule has 3 nitrogen and oxygen atoms in total. The van der Waals surface area contributed by atoms with Crippen LogP contribution in [0, 0.1) is 13.8 Å². The summed E-state index contributed by atoms with van der Waals surface area (Å²) in [5, 5.41) is 0. The number of hydrogen-bond donors (Lipinski definition) is 0. The SMILES string of the molecule is Cc1cccc2c1OC1OC2Oc2c(C)cc(Br)cc21. The Morgan fingerprint density at radius 1 is 0.900 bits per heavy atom. The quantitative estimate of drug-likeness (QED) is 0.707. The van der Waals surface area contributed by atoms with E-state index in [9.17, 15) is 0 Å². The number of ether oxygens (including phenoxy) is 3. The van der Waals surface area contributed by atoms with Crippen molar-refractivity contribution in [2.75, 3.05) is 0 Å². The molecule has 2 aliphatic heterocycles. The predicted octanol–water partition coefficient (Wildman–Crippen LogP) is 4.56. The van der Waals surface area contributed by atoms with Crippen molar-refractivity contribution in [3.8, 4) is 11.5 Å². The molecule has 20 heavy (non-hydrogen) atoms. The van der Waals surface area contributed by atoms with Gasteiger partial charge in [-0.25, -0.2) is 0 Å². The third kappa shape index (κ3) is 1.68. The van der Waals surface area contributed by atoms with Gasteiger partial charge in [0.1, 0.15) is 11.5 Å². The number of para-hydroxylation sites is 1. The van der Waals surface area contributed by atoms with Gasteiger partial charge >= 0.3 is 0 Å². The van der Waals surface area contributed by atoms with Gasteiger partial charge in [0.15, 0.2) is 0 Å². The van der Waals surface area contributed by atoms with Crippen LogP contribution in [0.4, 0.5) is 0 Å². The Morgan fingerprint density at radius 2 is 1.60 bits per heavy atom. The maximum Gasteiger partial charge on any atom is 0.233 e. The molecule has 2 atom stereocenters. The Kier molecular flexibility index (Phi) is 2.59. The van der Waals surface area contributed by atoms with Gasteiger partial charge in [0.05, 0.1) is 11.1 Å². The van der Waals surface area contributed by atoms with Crippen LogP contribution in [-0.2, 0) is 4.74 Å². The van der Waals surface area contributed by atoms with Crippen molar-refractivity contribution in [3.05, 3.63) is 57.1 Å². The molecule has 2 aromatic rings. The summed E-state index contributed by atoms with van der Waals surface area (Å²) in [5.41, 5.74) is 4.06. The normalized spacial score (nSPS) is 22.4. The summed E-state index contributed by atoms with van der Waals surface area (Å²) in [7, 11) is 0. The Bertz CT molecular complexity index is 711. The smallest absolute Gasteiger partial charge is 0.233 e. The lowest BCUT2D eigenvalue weighted by Crippen LogP contribution is -2.30. The van der Waals surface area contributed by atoms with E-state index in [1.54, 1.807) is 0 Å². The number of rotatable bonds is 0. The van der Waals surface area contributed by atoms with Crippen LogP contribution in [0.3, 0.4) is 0 Å². The van der Waals surface area contributed by atoms with Gasteiger partial charge in [-0.3, -0.25) is 4.74 Å². The van der Waals surface area contributed by atoms with Crippen molar-refractivity contribution >= 4 is 15.9 Å². The Morgan fingerprint density at radius 3 is 2.40 bits per heavy atom. The van der Waals surface area contributed by atoms with Crippen molar-refractivity contribution in [2.24, 2.45) is 0 Å². The maximum absolute atomic E-state index is 6.05. The average molecular weight is 333 g/mol. The zero-order chi connectivity index (χ0) is 13.9. The van der Waals surface area contributed by atoms with Crippen LogP contribution in [0.1, 0.15) is 34.8 Å². The summed E-state index contributed by atoms with van der Waals surface area (Å²) >= 11 is 3.51. The minimum atomic E-state index is -0.409. The highest BCUT2D eigenvalue weighted by atomic mass is 79.9. The van der Waals surface area contributed by atoms with E-state index >= 15 is 0 Å². The molecule has 0 N–H and O–H groups in total. The Labute approximate surface area is 125 Å². The molecule has 2 unspecified atom stereocenters. The van der Waals surface area contributed by atoms with Crippen molar-refractivity contribution < 1.29 is 14.2 Å². The molecule has 2 bridgehead atoms. The predicted molar refractivity (Wildman–Crippen MR) is 77.9 cm³/mol. The zero-order valence-electron chi connectivity index (χ0n) is 11.1. The third-order valence-electron chi connectivity index (χ3n) is 3.72. The Hall–Kier alpha value is -1.52. The van der Waals surface area contributed by atoms with Crippen LogP contribution in [0.15, 0.2) is 34.8 Å². The fraction of sp³-hybridized carbons (Fsp3) is 0.250. The van der Waals surface area contributed by atoms with Gasteiger partial charge in [-0.1, -0.05) is 28.1 Å². The second-order valence-corrected chi connectivity index (χ2v) is 6.09. The van der Waals surface area contributed by atoms with Gasteiger partial charge in [-0.05, 0) is 43.2 Å². The van der Waals surface area contributed by atoms with Crippen LogP contribution in [-0.4, -0.2) is 0 Å². The molecule has 0 saturated heterocycles. The molecule has 4 rings (SSSR count). The lowest BCUT2D eigenvalue weighted by molar-refractivity contribution is -0.228. The summed E-state index contributed by atoms with van der Waals surface area (Å²) in [6.45, 7) is 4.06. The molecule has 102 valence electrons. The Balaban J connectivity index is 1.89. The van der Waals surface area contributed by atoms with Crippen LogP contribution in [0.2, 0.25) is 0 Å². The molecular weight excluding hydrogens is 320 g/mol. The molecule has 0 radical (unpaired) electrons. The second-order valence-electron chi connectivity index (χ2n) is 5.17. The molecule has 0 aliphatic carbocycles. The lowest BCUT2D eigenvalue weighted by atomic mass is 10.0. The fourth-order valence-corrected chi connectivity index (χ4v) is 3.36. The first kappa shape index (κ1) is 12.2. The first-order valence-corrected chi connectivity index (χ1v) is 7.31. The summed E-state index contributed by atoms with van der Waals surface area (Å²) in [6.07, 6.45) is -0.801. The molecule has 2 heterocycles. The first-order chi connectivity index (χ1) is 9.63. The summed E-state index contributed by atoms with van der Waals surface area (Å²) in [5.74, 6) is 1.73. The van der Waals surface area contributed by atoms with Gasteiger partial charge in [0.25, 0.3) is 0 Å². The monoisotopic (exact) mass is 332 g/mol. The van der Waals surface area contributed by atoms with E-state index in [4.69, 9.17) is 14.2 Å². The van der Waals surface area contributed by atoms with E-state index in [0.29, 0.717) is 0 Å². The van der Waals surface area contributed by atoms with Gasteiger partial charge in [0.2, 0.25) is 12.6 Å². The first-order valence-electron chi connectivity index (χ1n) is 6.52. The number of fused-ring (bicyclic) bond motifs is 6. The fourth-order valence-electron chi connectivity index (χ4n) is 2.77. The highest BCUT2D eigenvalue weighted by Gasteiger charge is 2.39. The minimum absolute atomic E-state index is 0.393. The summed E-state index contributed by atoms with van der Waals surface area (Å²) in [4.78, 5) is 0. The van der Waals surface area contributed by atoms with E-state index in [2.05, 4.69) is 15.9 Å². The molecule has 0 aromatic heterocycles. The van der Waals surface area contributed by atoms with Gasteiger partial charge < -0.3 is 9.47 Å². The van der Waals surface area contributed by atoms with Crippen LogP contribution < -0.4 is 9.47 Å². The standard InChI is InChI=1S/C16H13BrO3/c1-8-4-3-5-11-13(8)18-16-12-7-10(17)6-9(2)14(12)19-15(11)20-16/h3-7,15-16H,1-2H3. The van der Waals surface area contributed by atoms with Crippen molar-refractivity contribution in [1.82, 2.24) is 0 Å². The van der Waals surface area contributed by atoms with Crippen LogP contribution in [0.25, 0.3) is 0 Å². The number of hydrogen-bond acceptors (Lipinski definition) is 3. The van der Waals surface area contributed by atoms with E-state index in [1.165, 1.54) is 0 Å². The van der Waals surface area contributed by atoms with Crippen molar-refractivity contribution in [1.29, 1.82) is 0 Å². The van der Waals surface area contributed by atoms with Gasteiger partial charge in [-0.15, -0.1) is 0 Å². The van der Waals surface area contributed by atoms with E-state index in [0.717, 1.165) is 38.2 Å². The minimum Gasteiger partial charge on any atom is -0.459 e. The molecule has 2 aliphatic rings. The van der Waals surface area contributed by atoms with Crippen molar-refractivity contribution in [3.63, 3.8) is 0 Å². The lowest BCUT2D eigenvalue weighted by Gasteiger charge is -2.39. The third-order valence-corrected chi connectivity index (χ3v) is 4.17.